The molecule has 0 saturated carbocycles. The molecule has 0 atom stereocenters. The van der Waals surface area contributed by atoms with Crippen LogP contribution in [0, 0.1) is 0 Å². The summed E-state index contributed by atoms with van der Waals surface area (Å²) in [7, 11) is 0. The maximum atomic E-state index is 5.89. The Kier molecular flexibility index (Phi) is 6.76. The minimum atomic E-state index is 0.883. The predicted octanol–water partition coefficient (Wildman–Crippen LogP) is 6.63. The third-order valence-corrected chi connectivity index (χ3v) is 3.62. The van der Waals surface area contributed by atoms with Gasteiger partial charge in [0.25, 0.3) is 0 Å². The molecule has 116 valence electrons. The molecule has 1 heteroatoms. The molecule has 2 aromatic carbocycles. The lowest BCUT2D eigenvalue weighted by atomic mass is 10.1. The van der Waals surface area contributed by atoms with Gasteiger partial charge in [-0.15, -0.1) is 0 Å². The van der Waals surface area contributed by atoms with E-state index in [-0.39, 0.29) is 0 Å². The quantitative estimate of drug-likeness (QED) is 0.530. The third-order valence-electron chi connectivity index (χ3n) is 3.62. The summed E-state index contributed by atoms with van der Waals surface area (Å²) < 4.78 is 5.89. The van der Waals surface area contributed by atoms with Crippen LogP contribution < -0.4 is 4.74 Å². The Morgan fingerprint density at radius 3 is 2.05 bits per heavy atom. The Morgan fingerprint density at radius 2 is 1.45 bits per heavy atom. The fourth-order valence-corrected chi connectivity index (χ4v) is 2.27. The first kappa shape index (κ1) is 16.4. The molecule has 1 nitrogen and oxygen atoms in total. The fraction of sp³-hybridized carbons (Fsp3) is 0.333. The fourth-order valence-electron chi connectivity index (χ4n) is 2.27. The molecule has 0 heterocycles. The highest BCUT2D eigenvalue weighted by Crippen LogP contribution is 2.23. The van der Waals surface area contributed by atoms with E-state index in [4.69, 9.17) is 4.74 Å². The van der Waals surface area contributed by atoms with Gasteiger partial charge in [0.05, 0.1) is 0 Å². The van der Waals surface area contributed by atoms with Crippen LogP contribution in [0.3, 0.4) is 0 Å². The maximum Gasteiger partial charge on any atom is 0.127 e. The van der Waals surface area contributed by atoms with Crippen molar-refractivity contribution in [1.82, 2.24) is 0 Å². The van der Waals surface area contributed by atoms with E-state index in [0.717, 1.165) is 24.3 Å². The van der Waals surface area contributed by atoms with E-state index in [1.165, 1.54) is 30.4 Å². The molecule has 0 aliphatic carbocycles. The van der Waals surface area contributed by atoms with Gasteiger partial charge in [-0.3, -0.25) is 0 Å². The van der Waals surface area contributed by atoms with Gasteiger partial charge in [0.1, 0.15) is 11.5 Å². The molecule has 0 fully saturated rings. The maximum absolute atomic E-state index is 5.89. The lowest BCUT2D eigenvalue weighted by Gasteiger charge is -2.07. The Labute approximate surface area is 134 Å². The van der Waals surface area contributed by atoms with Crippen LogP contribution >= 0.6 is 0 Å². The predicted molar refractivity (Wildman–Crippen MR) is 95.5 cm³/mol. The molecule has 0 spiro atoms. The second-order valence-corrected chi connectivity index (χ2v) is 5.61. The van der Waals surface area contributed by atoms with Crippen molar-refractivity contribution < 1.29 is 4.74 Å². The van der Waals surface area contributed by atoms with Gasteiger partial charge in [-0.1, -0.05) is 63.1 Å². The van der Waals surface area contributed by atoms with Crippen LogP contribution in [0.4, 0.5) is 0 Å². The Bertz CT molecular complexity index is 564. The highest BCUT2D eigenvalue weighted by Gasteiger charge is 1.98. The molecule has 0 N–H and O–H groups in total. The average Bonchev–Trinajstić information content (AvgIpc) is 2.56. The zero-order valence-corrected chi connectivity index (χ0v) is 13.7. The summed E-state index contributed by atoms with van der Waals surface area (Å²) >= 11 is 0. The minimum absolute atomic E-state index is 0.883. The van der Waals surface area contributed by atoms with Gasteiger partial charge in [-0.25, -0.2) is 0 Å². The average molecular weight is 294 g/mol. The number of aryl methyl sites for hydroxylation is 1. The highest BCUT2D eigenvalue weighted by molar-refractivity contribution is 5.50. The second-order valence-electron chi connectivity index (χ2n) is 5.61. The van der Waals surface area contributed by atoms with Crippen molar-refractivity contribution in [2.24, 2.45) is 0 Å². The summed E-state index contributed by atoms with van der Waals surface area (Å²) in [6.07, 6.45) is 10.3. The summed E-state index contributed by atoms with van der Waals surface area (Å²) in [6, 6.07) is 16.7. The largest absolute Gasteiger partial charge is 0.457 e. The summed E-state index contributed by atoms with van der Waals surface area (Å²) in [5, 5.41) is 0. The first-order valence-electron chi connectivity index (χ1n) is 8.35. The molecular formula is C21H26O. The summed E-state index contributed by atoms with van der Waals surface area (Å²) in [5.74, 6) is 1.78. The number of rotatable bonds is 8. The molecule has 0 radical (unpaired) electrons. The van der Waals surface area contributed by atoms with E-state index in [1.54, 1.807) is 0 Å². The van der Waals surface area contributed by atoms with E-state index >= 15 is 0 Å². The molecule has 22 heavy (non-hydrogen) atoms. The van der Waals surface area contributed by atoms with Gasteiger partial charge in [-0.2, -0.15) is 0 Å². The number of unbranched alkanes of at least 4 members (excludes halogenated alkanes) is 2. The van der Waals surface area contributed by atoms with Crippen LogP contribution in [0.5, 0.6) is 11.5 Å². The van der Waals surface area contributed by atoms with Crippen LogP contribution in [0.25, 0.3) is 6.08 Å². The molecule has 2 rings (SSSR count). The van der Waals surface area contributed by atoms with Gasteiger partial charge in [0.2, 0.25) is 0 Å². The first-order chi connectivity index (χ1) is 10.8. The van der Waals surface area contributed by atoms with E-state index in [0.29, 0.717) is 0 Å². The molecule has 0 bridgehead atoms. The molecule has 0 unspecified atom stereocenters. The van der Waals surface area contributed by atoms with Gasteiger partial charge in [0, 0.05) is 0 Å². The van der Waals surface area contributed by atoms with Gasteiger partial charge < -0.3 is 4.74 Å². The zero-order valence-electron chi connectivity index (χ0n) is 13.7. The van der Waals surface area contributed by atoms with E-state index < -0.39 is 0 Å². The van der Waals surface area contributed by atoms with Crippen LogP contribution in [-0.2, 0) is 6.42 Å². The number of ether oxygens (including phenoxy) is 1. The van der Waals surface area contributed by atoms with E-state index in [9.17, 15) is 0 Å². The number of benzene rings is 2. The number of hydrogen-bond acceptors (Lipinski definition) is 1. The van der Waals surface area contributed by atoms with Gasteiger partial charge in [-0.05, 0) is 54.7 Å². The van der Waals surface area contributed by atoms with Crippen molar-refractivity contribution in [3.63, 3.8) is 0 Å². The summed E-state index contributed by atoms with van der Waals surface area (Å²) in [6.45, 7) is 4.41. The standard InChI is InChI=1S/C21H26O/c1-3-5-7-9-19-12-16-21(17-13-19)22-20-14-10-18(11-15-20)8-6-4-2/h7,9-17H,3-6,8H2,1-2H3. The van der Waals surface area contributed by atoms with Crippen molar-refractivity contribution >= 4 is 6.08 Å². The Morgan fingerprint density at radius 1 is 0.818 bits per heavy atom. The van der Waals surface area contributed by atoms with Gasteiger partial charge >= 0.3 is 0 Å². The van der Waals surface area contributed by atoms with Crippen molar-refractivity contribution in [3.8, 4) is 11.5 Å². The van der Waals surface area contributed by atoms with Crippen LogP contribution in [0.1, 0.15) is 50.7 Å². The molecule has 0 amide bonds. The zero-order chi connectivity index (χ0) is 15.6. The monoisotopic (exact) mass is 294 g/mol. The third kappa shape index (κ3) is 5.40. The lowest BCUT2D eigenvalue weighted by molar-refractivity contribution is 0.482. The van der Waals surface area contributed by atoms with Crippen LogP contribution in [-0.4, -0.2) is 0 Å². The van der Waals surface area contributed by atoms with Crippen LogP contribution in [0.15, 0.2) is 54.6 Å². The van der Waals surface area contributed by atoms with Crippen LogP contribution in [0.2, 0.25) is 0 Å². The SMILES string of the molecule is CCCC=Cc1ccc(Oc2ccc(CCCC)cc2)cc1. The Hall–Kier alpha value is -2.02. The minimum Gasteiger partial charge on any atom is -0.457 e. The first-order valence-corrected chi connectivity index (χ1v) is 8.35. The lowest BCUT2D eigenvalue weighted by Crippen LogP contribution is -1.87. The van der Waals surface area contributed by atoms with E-state index in [2.05, 4.69) is 62.4 Å². The summed E-state index contributed by atoms with van der Waals surface area (Å²) in [4.78, 5) is 0. The van der Waals surface area contributed by atoms with Crippen molar-refractivity contribution in [2.75, 3.05) is 0 Å². The number of hydrogen-bond donors (Lipinski definition) is 0. The van der Waals surface area contributed by atoms with Gasteiger partial charge in [0.15, 0.2) is 0 Å². The van der Waals surface area contributed by atoms with Crippen molar-refractivity contribution in [1.29, 1.82) is 0 Å². The Balaban J connectivity index is 1.92. The van der Waals surface area contributed by atoms with E-state index in [1.807, 2.05) is 12.1 Å². The second kappa shape index (κ2) is 9.09. The normalized spacial score (nSPS) is 11.0. The van der Waals surface area contributed by atoms with Crippen molar-refractivity contribution in [2.45, 2.75) is 46.0 Å². The summed E-state index contributed by atoms with van der Waals surface area (Å²) in [5.41, 5.74) is 2.60. The molecular weight excluding hydrogens is 268 g/mol. The molecule has 0 aliphatic rings. The molecule has 0 aromatic heterocycles. The highest BCUT2D eigenvalue weighted by atomic mass is 16.5. The topological polar surface area (TPSA) is 9.23 Å². The smallest absolute Gasteiger partial charge is 0.127 e. The number of allylic oxidation sites excluding steroid dienone is 1. The van der Waals surface area contributed by atoms with Crippen molar-refractivity contribution in [3.05, 3.63) is 65.7 Å². The molecule has 0 saturated heterocycles. The molecule has 2 aromatic rings. The molecule has 0 aliphatic heterocycles.